The highest BCUT2D eigenvalue weighted by atomic mass is 16.2. The van der Waals surface area contributed by atoms with E-state index in [2.05, 4.69) is 12.2 Å². The van der Waals surface area contributed by atoms with Crippen molar-refractivity contribution in [2.45, 2.75) is 26.3 Å². The van der Waals surface area contributed by atoms with Crippen LogP contribution in [0.1, 0.15) is 35.7 Å². The topological polar surface area (TPSA) is 52.7 Å². The van der Waals surface area contributed by atoms with Gasteiger partial charge in [0.15, 0.2) is 0 Å². The summed E-state index contributed by atoms with van der Waals surface area (Å²) in [6, 6.07) is 17.3. The van der Waals surface area contributed by atoms with E-state index in [9.17, 15) is 9.59 Å². The molecule has 0 radical (unpaired) electrons. The first-order chi connectivity index (χ1) is 13.5. The molecule has 2 aromatic carbocycles. The molecule has 1 heterocycles. The van der Waals surface area contributed by atoms with E-state index in [0.717, 1.165) is 37.2 Å². The minimum absolute atomic E-state index is 0.0199. The molecule has 0 spiro atoms. The van der Waals surface area contributed by atoms with Crippen molar-refractivity contribution in [2.24, 2.45) is 5.92 Å². The van der Waals surface area contributed by atoms with Gasteiger partial charge in [-0.25, -0.2) is 0 Å². The number of nitrogens with one attached hydrogen (secondary N) is 1. The molecule has 1 fully saturated rings. The maximum atomic E-state index is 12.6. The largest absolute Gasteiger partial charge is 0.376 e. The maximum Gasteiger partial charge on any atom is 0.253 e. The minimum atomic E-state index is 0.0199. The van der Waals surface area contributed by atoms with Crippen molar-refractivity contribution in [1.29, 1.82) is 0 Å². The normalized spacial score (nSPS) is 14.6. The van der Waals surface area contributed by atoms with Crippen molar-refractivity contribution in [3.63, 3.8) is 0 Å². The number of piperidine rings is 1. The molecule has 1 aliphatic heterocycles. The van der Waals surface area contributed by atoms with Gasteiger partial charge in [-0.05, 0) is 48.6 Å². The highest BCUT2D eigenvalue weighted by Gasteiger charge is 2.21. The lowest BCUT2D eigenvalue weighted by Crippen LogP contribution is -2.37. The second-order valence-corrected chi connectivity index (χ2v) is 7.64. The fourth-order valence-electron chi connectivity index (χ4n) is 3.38. The van der Waals surface area contributed by atoms with Gasteiger partial charge in [-0.1, -0.05) is 37.3 Å². The molecule has 1 aliphatic rings. The Morgan fingerprint density at radius 3 is 2.32 bits per heavy atom. The molecule has 148 valence electrons. The molecule has 1 N–H and O–H groups in total. The van der Waals surface area contributed by atoms with Gasteiger partial charge in [0.1, 0.15) is 0 Å². The summed E-state index contributed by atoms with van der Waals surface area (Å²) in [6.07, 6.45) is 2.15. The fraction of sp³-hybridized carbons (Fsp3) is 0.391. The van der Waals surface area contributed by atoms with E-state index in [1.54, 1.807) is 11.9 Å². The lowest BCUT2D eigenvalue weighted by molar-refractivity contribution is -0.128. The Balaban J connectivity index is 1.48. The van der Waals surface area contributed by atoms with Crippen molar-refractivity contribution < 1.29 is 9.59 Å². The molecule has 1 saturated heterocycles. The van der Waals surface area contributed by atoms with Gasteiger partial charge in [0.2, 0.25) is 5.91 Å². The average Bonchev–Trinajstić information content (AvgIpc) is 2.73. The molecule has 3 rings (SSSR count). The summed E-state index contributed by atoms with van der Waals surface area (Å²) < 4.78 is 0. The van der Waals surface area contributed by atoms with E-state index < -0.39 is 0 Å². The SMILES string of the molecule is CC1CCN(C(=O)c2ccc(NCC(=O)N(C)Cc3ccccc3)cc2)CC1. The number of carbonyl (C=O) groups is 2. The van der Waals surface area contributed by atoms with Gasteiger partial charge >= 0.3 is 0 Å². The summed E-state index contributed by atoms with van der Waals surface area (Å²) in [5, 5.41) is 3.15. The zero-order valence-electron chi connectivity index (χ0n) is 16.7. The number of likely N-dealkylation sites (tertiary alicyclic amines) is 1. The van der Waals surface area contributed by atoms with Gasteiger partial charge in [0, 0.05) is 37.9 Å². The molecule has 0 atom stereocenters. The number of nitrogens with zero attached hydrogens (tertiary/aromatic N) is 2. The van der Waals surface area contributed by atoms with Gasteiger partial charge in [-0.2, -0.15) is 0 Å². The van der Waals surface area contributed by atoms with Gasteiger partial charge < -0.3 is 15.1 Å². The van der Waals surface area contributed by atoms with E-state index in [1.165, 1.54) is 0 Å². The molecule has 0 bridgehead atoms. The number of carbonyl (C=O) groups excluding carboxylic acids is 2. The van der Waals surface area contributed by atoms with Gasteiger partial charge in [-0.15, -0.1) is 0 Å². The Morgan fingerprint density at radius 1 is 1.04 bits per heavy atom. The predicted molar refractivity (Wildman–Crippen MR) is 112 cm³/mol. The van der Waals surface area contributed by atoms with Crippen LogP contribution in [0.2, 0.25) is 0 Å². The fourth-order valence-corrected chi connectivity index (χ4v) is 3.38. The Hall–Kier alpha value is -2.82. The first-order valence-electron chi connectivity index (χ1n) is 9.94. The lowest BCUT2D eigenvalue weighted by Gasteiger charge is -2.30. The van der Waals surface area contributed by atoms with Gasteiger partial charge in [0.05, 0.1) is 6.54 Å². The molecule has 5 nitrogen and oxygen atoms in total. The number of benzene rings is 2. The second kappa shape index (κ2) is 9.40. The van der Waals surface area contributed by atoms with Crippen LogP contribution in [0.5, 0.6) is 0 Å². The van der Waals surface area contributed by atoms with Crippen LogP contribution in [0.4, 0.5) is 5.69 Å². The molecule has 0 unspecified atom stereocenters. The first kappa shape index (κ1) is 19.9. The highest BCUT2D eigenvalue weighted by molar-refractivity contribution is 5.94. The highest BCUT2D eigenvalue weighted by Crippen LogP contribution is 2.19. The summed E-state index contributed by atoms with van der Waals surface area (Å²) in [7, 11) is 1.80. The third-order valence-corrected chi connectivity index (χ3v) is 5.33. The molecular formula is C23H29N3O2. The van der Waals surface area contributed by atoms with Crippen LogP contribution in [-0.4, -0.2) is 48.3 Å². The van der Waals surface area contributed by atoms with Gasteiger partial charge in [0.25, 0.3) is 5.91 Å². The third kappa shape index (κ3) is 5.35. The third-order valence-electron chi connectivity index (χ3n) is 5.33. The van der Waals surface area contributed by atoms with Crippen LogP contribution >= 0.6 is 0 Å². The Kier molecular flexibility index (Phi) is 6.69. The predicted octanol–water partition coefficient (Wildman–Crippen LogP) is 3.63. The molecular weight excluding hydrogens is 350 g/mol. The standard InChI is InChI=1S/C23H29N3O2/c1-18-12-14-26(15-13-18)23(28)20-8-10-21(11-9-20)24-16-22(27)25(2)17-19-6-4-3-5-7-19/h3-11,18,24H,12-17H2,1-2H3. The van der Waals surface area contributed by atoms with Crippen LogP contribution in [0, 0.1) is 5.92 Å². The molecule has 5 heteroatoms. The summed E-state index contributed by atoms with van der Waals surface area (Å²) in [4.78, 5) is 28.6. The number of rotatable bonds is 6. The maximum absolute atomic E-state index is 12.6. The molecule has 0 aromatic heterocycles. The Bertz CT molecular complexity index is 781. The molecule has 2 aromatic rings. The van der Waals surface area contributed by atoms with E-state index in [-0.39, 0.29) is 18.4 Å². The van der Waals surface area contributed by atoms with Crippen LogP contribution < -0.4 is 5.32 Å². The molecule has 2 amide bonds. The first-order valence-corrected chi connectivity index (χ1v) is 9.94. The summed E-state index contributed by atoms with van der Waals surface area (Å²) in [5.41, 5.74) is 2.64. The van der Waals surface area contributed by atoms with E-state index >= 15 is 0 Å². The number of hydrogen-bond acceptors (Lipinski definition) is 3. The summed E-state index contributed by atoms with van der Waals surface area (Å²) in [5.74, 6) is 0.816. The molecule has 0 aliphatic carbocycles. The van der Waals surface area contributed by atoms with E-state index in [4.69, 9.17) is 0 Å². The summed E-state index contributed by atoms with van der Waals surface area (Å²) >= 11 is 0. The molecule has 28 heavy (non-hydrogen) atoms. The lowest BCUT2D eigenvalue weighted by atomic mass is 9.98. The quantitative estimate of drug-likeness (QED) is 0.834. The van der Waals surface area contributed by atoms with Crippen LogP contribution in [0.15, 0.2) is 54.6 Å². The van der Waals surface area contributed by atoms with Crippen molar-refractivity contribution in [2.75, 3.05) is 32.0 Å². The number of amides is 2. The Labute approximate surface area is 167 Å². The summed E-state index contributed by atoms with van der Waals surface area (Å²) in [6.45, 7) is 4.72. The zero-order valence-corrected chi connectivity index (χ0v) is 16.7. The number of likely N-dealkylation sites (N-methyl/N-ethyl adjacent to an activating group) is 1. The average molecular weight is 380 g/mol. The van der Waals surface area contributed by atoms with Crippen LogP contribution in [0.3, 0.4) is 0 Å². The number of hydrogen-bond donors (Lipinski definition) is 1. The van der Waals surface area contributed by atoms with Crippen molar-refractivity contribution in [3.8, 4) is 0 Å². The zero-order chi connectivity index (χ0) is 19.9. The van der Waals surface area contributed by atoms with E-state index in [1.807, 2.05) is 59.5 Å². The van der Waals surface area contributed by atoms with Gasteiger partial charge in [-0.3, -0.25) is 9.59 Å². The van der Waals surface area contributed by atoms with Crippen molar-refractivity contribution in [1.82, 2.24) is 9.80 Å². The second-order valence-electron chi connectivity index (χ2n) is 7.64. The van der Waals surface area contributed by atoms with Crippen LogP contribution in [0.25, 0.3) is 0 Å². The van der Waals surface area contributed by atoms with Crippen LogP contribution in [-0.2, 0) is 11.3 Å². The van der Waals surface area contributed by atoms with Crippen molar-refractivity contribution >= 4 is 17.5 Å². The minimum Gasteiger partial charge on any atom is -0.376 e. The number of anilines is 1. The smallest absolute Gasteiger partial charge is 0.253 e. The van der Waals surface area contributed by atoms with E-state index in [0.29, 0.717) is 18.0 Å². The van der Waals surface area contributed by atoms with Crippen molar-refractivity contribution in [3.05, 3.63) is 65.7 Å². The monoisotopic (exact) mass is 379 g/mol. The molecule has 0 saturated carbocycles. The Morgan fingerprint density at radius 2 is 1.68 bits per heavy atom.